The number of aliphatic hydroxyl groups excluding tert-OH is 20. The average molecular weight is 1220 g/mol. The van der Waals surface area contributed by atoms with Crippen molar-refractivity contribution in [1.82, 2.24) is 10.6 Å². The van der Waals surface area contributed by atoms with E-state index in [0.29, 0.717) is 0 Å². The molecule has 22 N–H and O–H groups in total. The summed E-state index contributed by atoms with van der Waals surface area (Å²) in [6.07, 6.45) is -62.2. The summed E-state index contributed by atoms with van der Waals surface area (Å²) in [5.74, 6) is -1.65. The van der Waals surface area contributed by atoms with Gasteiger partial charge in [0, 0.05) is 13.8 Å². The van der Waals surface area contributed by atoms with E-state index in [-0.39, 0.29) is 0 Å². The van der Waals surface area contributed by atoms with E-state index in [1.54, 1.807) is 0 Å². The van der Waals surface area contributed by atoms with Crippen molar-refractivity contribution in [1.29, 1.82) is 0 Å². The van der Waals surface area contributed by atoms with Crippen LogP contribution in [0.4, 0.5) is 0 Å². The van der Waals surface area contributed by atoms with Crippen molar-refractivity contribution >= 4 is 11.8 Å². The Bertz CT molecular complexity index is 2040. The van der Waals surface area contributed by atoms with E-state index in [2.05, 4.69) is 10.6 Å². The molecule has 0 spiro atoms. The summed E-state index contributed by atoms with van der Waals surface area (Å²) < 4.78 is 74.3. The molecule has 7 aliphatic rings. The minimum Gasteiger partial charge on any atom is -0.394 e. The summed E-state index contributed by atoms with van der Waals surface area (Å²) in [6, 6.07) is -3.49. The summed E-state index contributed by atoms with van der Waals surface area (Å²) in [6.45, 7) is -2.04. The van der Waals surface area contributed by atoms with Crippen LogP contribution in [0.2, 0.25) is 0 Å². The SMILES string of the molecule is CC(=O)N[C@@H]1[C@H](O[C@H]2[C@H](O)[C@@H](NC(C)=O)C(O)O[C@@H]2CO[C@@H]2O[C@@H](C)[C@@H](O)[C@@H](O)[C@@H]2O)O[C@H](CO)[C@@H](O[C@@H]2O[C@H](CO[C@H]3O[C@H](CO[C@@H]4O[C@H](CO)[C@H](O)[C@H](O)[C@H]4O)[C@@H](O)[C@H](O)[C@@H]3O)[C@@H](O)[C@H](O[C@H]3O[C@H](CO)[C@@H](O)[C@H](O)[C@@H]3O)[C@@H]2O)[C@@H]1O. The van der Waals surface area contributed by atoms with E-state index in [1.807, 2.05) is 0 Å². The van der Waals surface area contributed by atoms with Gasteiger partial charge in [-0.2, -0.15) is 0 Å². The van der Waals surface area contributed by atoms with Gasteiger partial charge in [0.25, 0.3) is 0 Å². The van der Waals surface area contributed by atoms with Crippen molar-refractivity contribution in [3.05, 3.63) is 0 Å². The smallest absolute Gasteiger partial charge is 0.217 e. The van der Waals surface area contributed by atoms with Crippen molar-refractivity contribution in [2.24, 2.45) is 0 Å². The van der Waals surface area contributed by atoms with Crippen molar-refractivity contribution < 1.29 is 173 Å². The number of hydrogen-bond acceptors (Lipinski definition) is 35. The summed E-state index contributed by atoms with van der Waals surface area (Å²) in [7, 11) is 0. The quantitative estimate of drug-likeness (QED) is 0.0538. The minimum absolute atomic E-state index is 0.757. The van der Waals surface area contributed by atoms with Gasteiger partial charge in [0.2, 0.25) is 11.8 Å². The van der Waals surface area contributed by atoms with Gasteiger partial charge in [-0.05, 0) is 6.92 Å². The topological polar surface area (TPSA) is 583 Å². The normalized spacial score (nSPS) is 50.8. The van der Waals surface area contributed by atoms with E-state index in [4.69, 9.17) is 61.6 Å². The van der Waals surface area contributed by atoms with E-state index < -0.39 is 266 Å². The third kappa shape index (κ3) is 15.0. The van der Waals surface area contributed by atoms with E-state index in [1.165, 1.54) is 6.92 Å². The van der Waals surface area contributed by atoms with Gasteiger partial charge in [0.05, 0.1) is 45.7 Å². The molecule has 7 heterocycles. The number of nitrogens with one attached hydrogen (secondary N) is 2. The van der Waals surface area contributed by atoms with Crippen LogP contribution in [-0.2, 0) is 71.2 Å². The van der Waals surface area contributed by atoms with Crippen LogP contribution in [0.3, 0.4) is 0 Å². The zero-order chi connectivity index (χ0) is 61.2. The Morgan fingerprint density at radius 1 is 0.337 bits per heavy atom. The lowest BCUT2D eigenvalue weighted by atomic mass is 9.94. The number of carbonyl (C=O) groups is 2. The van der Waals surface area contributed by atoms with Crippen LogP contribution in [0, 0.1) is 0 Å². The Hall–Kier alpha value is -2.38. The molecule has 0 saturated carbocycles. The fourth-order valence-corrected chi connectivity index (χ4v) is 10.4. The van der Waals surface area contributed by atoms with Crippen LogP contribution >= 0.6 is 0 Å². The highest BCUT2D eigenvalue weighted by Gasteiger charge is 2.57. The van der Waals surface area contributed by atoms with Crippen LogP contribution in [0.25, 0.3) is 0 Å². The Morgan fingerprint density at radius 3 is 1.20 bits per heavy atom. The third-order valence-corrected chi connectivity index (χ3v) is 15.2. The highest BCUT2D eigenvalue weighted by molar-refractivity contribution is 5.73. The molecule has 0 radical (unpaired) electrons. The Balaban J connectivity index is 1.12. The molecular formula is C46H78N2O35. The van der Waals surface area contributed by atoms with Crippen LogP contribution in [0.1, 0.15) is 20.8 Å². The Morgan fingerprint density at radius 2 is 0.687 bits per heavy atom. The summed E-state index contributed by atoms with van der Waals surface area (Å²) in [4.78, 5) is 25.0. The lowest BCUT2D eigenvalue weighted by Gasteiger charge is -2.50. The molecule has 37 nitrogen and oxygen atoms in total. The van der Waals surface area contributed by atoms with Crippen LogP contribution in [-0.4, -0.2) is 368 Å². The maximum atomic E-state index is 12.8. The average Bonchev–Trinajstić information content (AvgIpc) is 3.62. The van der Waals surface area contributed by atoms with Crippen molar-refractivity contribution in [3.63, 3.8) is 0 Å². The van der Waals surface area contributed by atoms with Crippen LogP contribution in [0.5, 0.6) is 0 Å². The first kappa shape index (κ1) is 68.1. The first-order valence-electron chi connectivity index (χ1n) is 26.5. The first-order valence-corrected chi connectivity index (χ1v) is 26.5. The van der Waals surface area contributed by atoms with Gasteiger partial charge >= 0.3 is 0 Å². The van der Waals surface area contributed by atoms with E-state index in [0.717, 1.165) is 13.8 Å². The molecule has 83 heavy (non-hydrogen) atoms. The lowest BCUT2D eigenvalue weighted by molar-refractivity contribution is -0.384. The van der Waals surface area contributed by atoms with Gasteiger partial charge in [0.1, 0.15) is 165 Å². The maximum absolute atomic E-state index is 12.8. The largest absolute Gasteiger partial charge is 0.394 e. The maximum Gasteiger partial charge on any atom is 0.217 e. The predicted molar refractivity (Wildman–Crippen MR) is 254 cm³/mol. The second-order valence-electron chi connectivity index (χ2n) is 21.1. The van der Waals surface area contributed by atoms with Crippen molar-refractivity contribution in [3.8, 4) is 0 Å². The highest BCUT2D eigenvalue weighted by Crippen LogP contribution is 2.36. The first-order chi connectivity index (χ1) is 39.1. The standard InChI is InChI=1S/C46H78N2O35/c1-10-21(54)28(61)32(65)42(74-10)73-9-18-38(26(59)19(40(70)75-18)47-11(2)52)81-41-20(48-12(3)53)27(60)37(15(6-51)78-41)82-46-36(69)39(83-45-35(68)30(63)23(56)14(5-50)77-45)25(58)17(80-46)8-72-44-34(67)31(64)24(57)16(79-44)7-71-43-33(66)29(62)22(55)13(4-49)76-43/h10,13-46,49-51,54-70H,4-9H2,1-3H3,(H,47,52)(H,48,53)/t10-,13+,14+,15+,16+,17+,18+,19+,20-,21+,22-,23+,24+,25+,26+,27+,28+,29-,30-,31-,32-,33+,34-,35-,36-,37+,38+,39-,40?,41-,42+,43+,44-,45+,46-/m0/s1. The number of hydrogen-bond donors (Lipinski definition) is 22. The molecule has 0 aromatic carbocycles. The van der Waals surface area contributed by atoms with Crippen molar-refractivity contribution in [2.45, 2.75) is 236 Å². The Kier molecular flexibility index (Phi) is 24.0. The van der Waals surface area contributed by atoms with E-state index >= 15 is 0 Å². The Labute approximate surface area is 470 Å². The van der Waals surface area contributed by atoms with Gasteiger partial charge in [0.15, 0.2) is 44.0 Å². The molecule has 7 saturated heterocycles. The molecule has 2 amide bonds. The number of carbonyl (C=O) groups excluding carboxylic acids is 2. The summed E-state index contributed by atoms with van der Waals surface area (Å²) in [5.41, 5.74) is 0. The van der Waals surface area contributed by atoms with Crippen LogP contribution in [0.15, 0.2) is 0 Å². The molecular weight excluding hydrogens is 1140 g/mol. The monoisotopic (exact) mass is 1220 g/mol. The molecule has 0 aliphatic carbocycles. The molecule has 482 valence electrons. The second kappa shape index (κ2) is 29.3. The molecule has 7 aliphatic heterocycles. The van der Waals surface area contributed by atoms with E-state index in [9.17, 15) is 112 Å². The van der Waals surface area contributed by atoms with Gasteiger partial charge in [-0.15, -0.1) is 0 Å². The molecule has 35 atom stereocenters. The zero-order valence-electron chi connectivity index (χ0n) is 44.5. The summed E-state index contributed by atoms with van der Waals surface area (Å²) in [5, 5.41) is 220. The number of amides is 2. The molecule has 1 unspecified atom stereocenters. The van der Waals surface area contributed by atoms with Crippen molar-refractivity contribution in [2.75, 3.05) is 39.6 Å². The predicted octanol–water partition coefficient (Wildman–Crippen LogP) is -15.0. The lowest BCUT2D eigenvalue weighted by Crippen LogP contribution is -2.70. The number of ether oxygens (including phenoxy) is 13. The van der Waals surface area contributed by atoms with Crippen LogP contribution < -0.4 is 10.6 Å². The molecule has 7 rings (SSSR count). The molecule has 0 bridgehead atoms. The summed E-state index contributed by atoms with van der Waals surface area (Å²) >= 11 is 0. The van der Waals surface area contributed by atoms with Gasteiger partial charge < -0.3 is 174 Å². The van der Waals surface area contributed by atoms with Gasteiger partial charge in [-0.3, -0.25) is 9.59 Å². The minimum atomic E-state index is -2.31. The molecule has 7 fully saturated rings. The third-order valence-electron chi connectivity index (χ3n) is 15.2. The van der Waals surface area contributed by atoms with Gasteiger partial charge in [-0.1, -0.05) is 0 Å². The molecule has 37 heteroatoms. The van der Waals surface area contributed by atoms with Gasteiger partial charge in [-0.25, -0.2) is 0 Å². The zero-order valence-corrected chi connectivity index (χ0v) is 44.5. The molecule has 0 aromatic rings. The molecule has 0 aromatic heterocycles. The number of aliphatic hydroxyl groups is 20. The fourth-order valence-electron chi connectivity index (χ4n) is 10.4. The second-order valence-corrected chi connectivity index (χ2v) is 21.1. The fraction of sp³-hybridized carbons (Fsp3) is 0.957. The highest BCUT2D eigenvalue weighted by atomic mass is 16.8. The number of rotatable bonds is 20.